The average Bonchev–Trinajstić information content (AvgIpc) is 2.83. The summed E-state index contributed by atoms with van der Waals surface area (Å²) in [5.41, 5.74) is 0.622. The van der Waals surface area contributed by atoms with Crippen LogP contribution >= 0.6 is 0 Å². The van der Waals surface area contributed by atoms with Crippen LogP contribution in [0.15, 0.2) is 24.3 Å². The lowest BCUT2D eigenvalue weighted by molar-refractivity contribution is -0.656. The van der Waals surface area contributed by atoms with Crippen LogP contribution in [0.3, 0.4) is 0 Å². The molecule has 0 spiro atoms. The fraction of sp³-hybridized carbons (Fsp3) is 0.364. The molecular formula is C11H14N3O3+. The summed E-state index contributed by atoms with van der Waals surface area (Å²) >= 11 is 0. The smallest absolute Gasteiger partial charge is 0.282 e. The van der Waals surface area contributed by atoms with Crippen LogP contribution in [-0.4, -0.2) is 23.4 Å². The number of rotatable bonds is 3. The van der Waals surface area contributed by atoms with Crippen molar-refractivity contribution in [3.05, 3.63) is 34.4 Å². The van der Waals surface area contributed by atoms with E-state index in [1.165, 1.54) is 12.1 Å². The first-order chi connectivity index (χ1) is 8.16. The molecule has 1 heterocycles. The van der Waals surface area contributed by atoms with Crippen LogP contribution in [0.5, 0.6) is 0 Å². The number of hydrogen-bond acceptors (Lipinski definition) is 3. The molecule has 1 aromatic carbocycles. The Hall–Kier alpha value is -1.95. The Morgan fingerprint density at radius 2 is 2.12 bits per heavy atom. The number of nitrogens with one attached hydrogen (secondary N) is 1. The molecule has 1 saturated heterocycles. The van der Waals surface area contributed by atoms with Gasteiger partial charge in [-0.1, -0.05) is 0 Å². The zero-order chi connectivity index (χ0) is 12.3. The Bertz CT molecular complexity index is 424. The van der Waals surface area contributed by atoms with Gasteiger partial charge in [-0.25, -0.2) is 0 Å². The van der Waals surface area contributed by atoms with Crippen LogP contribution in [0.25, 0.3) is 0 Å². The summed E-state index contributed by atoms with van der Waals surface area (Å²) in [4.78, 5) is 21.8. The molecule has 0 saturated carbocycles. The number of carbonyl (C=O) groups excluding carboxylic acids is 1. The van der Waals surface area contributed by atoms with Crippen molar-refractivity contribution in [3.63, 3.8) is 0 Å². The Morgan fingerprint density at radius 1 is 1.41 bits per heavy atom. The summed E-state index contributed by atoms with van der Waals surface area (Å²) in [6.45, 7) is 0.984. The lowest BCUT2D eigenvalue weighted by atomic mass is 10.2. The van der Waals surface area contributed by atoms with E-state index in [-0.39, 0.29) is 17.6 Å². The molecule has 1 aliphatic rings. The van der Waals surface area contributed by atoms with Crippen molar-refractivity contribution in [2.45, 2.75) is 18.9 Å². The molecule has 0 aliphatic carbocycles. The number of nitrogens with two attached hydrogens (primary N) is 1. The van der Waals surface area contributed by atoms with E-state index in [1.54, 1.807) is 12.1 Å². The molecule has 0 bridgehead atoms. The maximum absolute atomic E-state index is 11.8. The molecule has 1 aromatic rings. The number of nitro benzene ring substituents is 1. The van der Waals surface area contributed by atoms with Gasteiger partial charge in [0.05, 0.1) is 11.5 Å². The maximum Gasteiger partial charge on any atom is 0.282 e. The standard InChI is InChI=1S/C11H13N3O3/c15-11(10-2-1-7-12-10)13-8-3-5-9(6-4-8)14(16)17/h3-6,10,12H,1-2,7H2,(H,13,15)/p+1. The Morgan fingerprint density at radius 3 is 2.65 bits per heavy atom. The van der Waals surface area contributed by atoms with Crippen molar-refractivity contribution >= 4 is 17.3 Å². The monoisotopic (exact) mass is 236 g/mol. The molecule has 1 amide bonds. The van der Waals surface area contributed by atoms with Gasteiger partial charge in [-0.3, -0.25) is 14.9 Å². The summed E-state index contributed by atoms with van der Waals surface area (Å²) in [5, 5.41) is 15.2. The van der Waals surface area contributed by atoms with Gasteiger partial charge in [0.25, 0.3) is 11.6 Å². The lowest BCUT2D eigenvalue weighted by Gasteiger charge is -2.08. The van der Waals surface area contributed by atoms with Crippen molar-refractivity contribution in [1.82, 2.24) is 0 Å². The molecule has 1 aliphatic heterocycles. The quantitative estimate of drug-likeness (QED) is 0.582. The lowest BCUT2D eigenvalue weighted by Crippen LogP contribution is -2.88. The van der Waals surface area contributed by atoms with E-state index >= 15 is 0 Å². The molecule has 90 valence electrons. The van der Waals surface area contributed by atoms with Gasteiger partial charge in [-0.05, 0) is 12.1 Å². The Kier molecular flexibility index (Phi) is 3.34. The topological polar surface area (TPSA) is 88.8 Å². The van der Waals surface area contributed by atoms with E-state index in [9.17, 15) is 14.9 Å². The number of nitro groups is 1. The van der Waals surface area contributed by atoms with Gasteiger partial charge in [-0.15, -0.1) is 0 Å². The first kappa shape index (κ1) is 11.5. The molecule has 6 nitrogen and oxygen atoms in total. The number of anilines is 1. The highest BCUT2D eigenvalue weighted by Crippen LogP contribution is 2.15. The zero-order valence-corrected chi connectivity index (χ0v) is 9.26. The third-order valence-corrected chi connectivity index (χ3v) is 2.85. The first-order valence-corrected chi connectivity index (χ1v) is 5.55. The van der Waals surface area contributed by atoms with Crippen LogP contribution < -0.4 is 10.6 Å². The van der Waals surface area contributed by atoms with E-state index in [0.29, 0.717) is 5.69 Å². The SMILES string of the molecule is O=C(Nc1ccc([N+](=O)[O-])cc1)C1CCC[NH2+]1. The van der Waals surface area contributed by atoms with Crippen molar-refractivity contribution in [2.24, 2.45) is 0 Å². The van der Waals surface area contributed by atoms with Crippen LogP contribution in [-0.2, 0) is 4.79 Å². The molecule has 17 heavy (non-hydrogen) atoms. The van der Waals surface area contributed by atoms with Crippen molar-refractivity contribution < 1.29 is 15.0 Å². The van der Waals surface area contributed by atoms with Gasteiger partial charge in [0.2, 0.25) is 0 Å². The molecule has 3 N–H and O–H groups in total. The minimum Gasteiger partial charge on any atom is -0.336 e. The van der Waals surface area contributed by atoms with E-state index < -0.39 is 4.92 Å². The zero-order valence-electron chi connectivity index (χ0n) is 9.26. The normalized spacial score (nSPS) is 18.9. The first-order valence-electron chi connectivity index (χ1n) is 5.55. The summed E-state index contributed by atoms with van der Waals surface area (Å²) < 4.78 is 0. The van der Waals surface area contributed by atoms with Crippen molar-refractivity contribution in [3.8, 4) is 0 Å². The van der Waals surface area contributed by atoms with Gasteiger partial charge in [-0.2, -0.15) is 0 Å². The van der Waals surface area contributed by atoms with E-state index in [1.807, 2.05) is 5.32 Å². The third kappa shape index (κ3) is 2.79. The molecule has 2 rings (SSSR count). The number of amides is 1. The van der Waals surface area contributed by atoms with E-state index in [0.717, 1.165) is 19.4 Å². The highest BCUT2D eigenvalue weighted by Gasteiger charge is 2.26. The fourth-order valence-electron chi connectivity index (χ4n) is 1.91. The van der Waals surface area contributed by atoms with Gasteiger partial charge in [0, 0.05) is 30.7 Å². The number of non-ortho nitro benzene ring substituents is 1. The van der Waals surface area contributed by atoms with Crippen LogP contribution in [0.2, 0.25) is 0 Å². The van der Waals surface area contributed by atoms with Crippen molar-refractivity contribution in [2.75, 3.05) is 11.9 Å². The maximum atomic E-state index is 11.8. The third-order valence-electron chi connectivity index (χ3n) is 2.85. The molecule has 1 atom stereocenters. The van der Waals surface area contributed by atoms with Gasteiger partial charge >= 0.3 is 0 Å². The fourth-order valence-corrected chi connectivity index (χ4v) is 1.91. The van der Waals surface area contributed by atoms with Crippen LogP contribution in [0.4, 0.5) is 11.4 Å². The summed E-state index contributed by atoms with van der Waals surface area (Å²) in [5.74, 6) is -0.0312. The van der Waals surface area contributed by atoms with Gasteiger partial charge in [0.15, 0.2) is 6.04 Å². The summed E-state index contributed by atoms with van der Waals surface area (Å²) in [7, 11) is 0. The number of quaternary nitrogens is 1. The summed E-state index contributed by atoms with van der Waals surface area (Å²) in [6, 6.07) is 5.84. The number of nitrogens with zero attached hydrogens (tertiary/aromatic N) is 1. The second-order valence-electron chi connectivity index (χ2n) is 4.07. The average molecular weight is 236 g/mol. The number of hydrogen-bond donors (Lipinski definition) is 2. The predicted molar refractivity (Wildman–Crippen MR) is 61.5 cm³/mol. The highest BCUT2D eigenvalue weighted by molar-refractivity contribution is 5.93. The van der Waals surface area contributed by atoms with Crippen molar-refractivity contribution in [1.29, 1.82) is 0 Å². The Balaban J connectivity index is 1.98. The molecular weight excluding hydrogens is 222 g/mol. The number of benzene rings is 1. The van der Waals surface area contributed by atoms with Gasteiger partial charge in [0.1, 0.15) is 0 Å². The molecule has 1 unspecified atom stereocenters. The summed E-state index contributed by atoms with van der Waals surface area (Å²) in [6.07, 6.45) is 1.94. The van der Waals surface area contributed by atoms with E-state index in [4.69, 9.17) is 0 Å². The second-order valence-corrected chi connectivity index (χ2v) is 4.07. The molecule has 0 radical (unpaired) electrons. The predicted octanol–water partition coefficient (Wildman–Crippen LogP) is 0.259. The minimum atomic E-state index is -0.462. The molecule has 0 aromatic heterocycles. The molecule has 1 fully saturated rings. The van der Waals surface area contributed by atoms with Crippen LogP contribution in [0, 0.1) is 10.1 Å². The largest absolute Gasteiger partial charge is 0.336 e. The number of carbonyl (C=O) groups is 1. The molecule has 6 heteroatoms. The highest BCUT2D eigenvalue weighted by atomic mass is 16.6. The van der Waals surface area contributed by atoms with Gasteiger partial charge < -0.3 is 10.6 Å². The second kappa shape index (κ2) is 4.92. The minimum absolute atomic E-state index is 0.0230. The Labute approximate surface area is 98.2 Å². The van der Waals surface area contributed by atoms with E-state index in [2.05, 4.69) is 5.32 Å². The van der Waals surface area contributed by atoms with Crippen LogP contribution in [0.1, 0.15) is 12.8 Å².